The Morgan fingerprint density at radius 2 is 2.20 bits per heavy atom. The first kappa shape index (κ1) is 11.0. The second-order valence-electron chi connectivity index (χ2n) is 3.30. The molecule has 1 atom stereocenters. The summed E-state index contributed by atoms with van der Waals surface area (Å²) in [6, 6.07) is 8.31. The number of thiazole rings is 1. The zero-order chi connectivity index (χ0) is 10.7. The van der Waals surface area contributed by atoms with Gasteiger partial charge in [-0.3, -0.25) is 4.98 Å². The topological polar surface area (TPSA) is 38.9 Å². The first-order valence-electron chi connectivity index (χ1n) is 4.65. The van der Waals surface area contributed by atoms with E-state index in [2.05, 4.69) is 39.7 Å². The molecule has 0 fully saturated rings. The predicted molar refractivity (Wildman–Crippen MR) is 71.9 cm³/mol. The standard InChI is InChI=1S/C11H11IN2S/c12-10-4-2-1-3-9(10)11(13)5-8-6-14-7-15-8/h1-4,6-7,11H,5,13H2. The van der Waals surface area contributed by atoms with Crippen molar-refractivity contribution in [3.63, 3.8) is 0 Å². The van der Waals surface area contributed by atoms with Gasteiger partial charge in [0.15, 0.2) is 0 Å². The van der Waals surface area contributed by atoms with Crippen molar-refractivity contribution < 1.29 is 0 Å². The van der Waals surface area contributed by atoms with Crippen LogP contribution in [0.15, 0.2) is 36.0 Å². The van der Waals surface area contributed by atoms with Gasteiger partial charge in [-0.2, -0.15) is 0 Å². The van der Waals surface area contributed by atoms with Crippen LogP contribution in [0.2, 0.25) is 0 Å². The molecular weight excluding hydrogens is 319 g/mol. The molecule has 1 heterocycles. The molecule has 0 saturated carbocycles. The highest BCUT2D eigenvalue weighted by Gasteiger charge is 2.10. The minimum absolute atomic E-state index is 0.0681. The zero-order valence-corrected chi connectivity index (χ0v) is 11.0. The molecule has 0 aliphatic heterocycles. The molecular formula is C11H11IN2S. The molecule has 0 bridgehead atoms. The summed E-state index contributed by atoms with van der Waals surface area (Å²) in [4.78, 5) is 5.29. The van der Waals surface area contributed by atoms with Crippen molar-refractivity contribution in [2.24, 2.45) is 5.73 Å². The summed E-state index contributed by atoms with van der Waals surface area (Å²) in [6.45, 7) is 0. The first-order chi connectivity index (χ1) is 7.27. The summed E-state index contributed by atoms with van der Waals surface area (Å²) >= 11 is 3.98. The van der Waals surface area contributed by atoms with E-state index in [1.54, 1.807) is 11.3 Å². The lowest BCUT2D eigenvalue weighted by atomic mass is 10.0. The monoisotopic (exact) mass is 330 g/mol. The van der Waals surface area contributed by atoms with Gasteiger partial charge in [-0.05, 0) is 34.2 Å². The van der Waals surface area contributed by atoms with E-state index in [0.29, 0.717) is 0 Å². The minimum Gasteiger partial charge on any atom is -0.324 e. The van der Waals surface area contributed by atoms with Gasteiger partial charge in [0.05, 0.1) is 5.51 Å². The Bertz CT molecular complexity index is 428. The Morgan fingerprint density at radius 1 is 1.40 bits per heavy atom. The van der Waals surface area contributed by atoms with E-state index in [-0.39, 0.29) is 6.04 Å². The van der Waals surface area contributed by atoms with E-state index in [0.717, 1.165) is 6.42 Å². The van der Waals surface area contributed by atoms with E-state index >= 15 is 0 Å². The molecule has 4 heteroatoms. The number of hydrogen-bond acceptors (Lipinski definition) is 3. The van der Waals surface area contributed by atoms with Crippen molar-refractivity contribution in [1.29, 1.82) is 0 Å². The van der Waals surface area contributed by atoms with Crippen LogP contribution in [0.25, 0.3) is 0 Å². The molecule has 1 aromatic heterocycles. The van der Waals surface area contributed by atoms with E-state index in [1.807, 2.05) is 23.8 Å². The number of rotatable bonds is 3. The van der Waals surface area contributed by atoms with Gasteiger partial charge in [0.1, 0.15) is 0 Å². The van der Waals surface area contributed by atoms with Crippen LogP contribution >= 0.6 is 33.9 Å². The predicted octanol–water partition coefficient (Wildman–Crippen LogP) is 2.99. The van der Waals surface area contributed by atoms with E-state index in [1.165, 1.54) is 14.0 Å². The van der Waals surface area contributed by atoms with Gasteiger partial charge in [-0.15, -0.1) is 11.3 Å². The second kappa shape index (κ2) is 5.05. The highest BCUT2D eigenvalue weighted by atomic mass is 127. The lowest BCUT2D eigenvalue weighted by molar-refractivity contribution is 0.725. The number of nitrogens with two attached hydrogens (primary N) is 1. The molecule has 0 amide bonds. The molecule has 0 aliphatic rings. The maximum absolute atomic E-state index is 6.16. The van der Waals surface area contributed by atoms with Crippen LogP contribution < -0.4 is 5.73 Å². The summed E-state index contributed by atoms with van der Waals surface area (Å²) in [5, 5.41) is 0. The third-order valence-corrected chi connectivity index (χ3v) is 3.99. The Morgan fingerprint density at radius 3 is 2.87 bits per heavy atom. The van der Waals surface area contributed by atoms with Crippen LogP contribution in [-0.2, 0) is 6.42 Å². The van der Waals surface area contributed by atoms with Crippen molar-refractivity contribution in [3.8, 4) is 0 Å². The van der Waals surface area contributed by atoms with Crippen LogP contribution in [0.3, 0.4) is 0 Å². The summed E-state index contributed by atoms with van der Waals surface area (Å²) in [7, 11) is 0. The lowest BCUT2D eigenvalue weighted by Gasteiger charge is -2.12. The highest BCUT2D eigenvalue weighted by Crippen LogP contribution is 2.22. The summed E-state index contributed by atoms with van der Waals surface area (Å²) in [5.74, 6) is 0. The van der Waals surface area contributed by atoms with Gasteiger partial charge in [0.25, 0.3) is 0 Å². The Hall–Kier alpha value is -0.460. The van der Waals surface area contributed by atoms with Gasteiger partial charge in [-0.1, -0.05) is 18.2 Å². The van der Waals surface area contributed by atoms with Crippen LogP contribution in [0.1, 0.15) is 16.5 Å². The Balaban J connectivity index is 2.15. The molecule has 15 heavy (non-hydrogen) atoms. The van der Waals surface area contributed by atoms with Crippen molar-refractivity contribution >= 4 is 33.9 Å². The maximum Gasteiger partial charge on any atom is 0.0794 e. The van der Waals surface area contributed by atoms with Gasteiger partial charge in [-0.25, -0.2) is 0 Å². The van der Waals surface area contributed by atoms with Crippen molar-refractivity contribution in [2.45, 2.75) is 12.5 Å². The lowest BCUT2D eigenvalue weighted by Crippen LogP contribution is -2.13. The number of aromatic nitrogens is 1. The molecule has 2 rings (SSSR count). The van der Waals surface area contributed by atoms with Gasteiger partial charge >= 0.3 is 0 Å². The minimum atomic E-state index is 0.0681. The van der Waals surface area contributed by atoms with Crippen molar-refractivity contribution in [1.82, 2.24) is 4.98 Å². The molecule has 2 aromatic rings. The van der Waals surface area contributed by atoms with Gasteiger partial charge in [0.2, 0.25) is 0 Å². The van der Waals surface area contributed by atoms with Crippen LogP contribution in [0.4, 0.5) is 0 Å². The molecule has 2 nitrogen and oxygen atoms in total. The summed E-state index contributed by atoms with van der Waals surface area (Å²) < 4.78 is 1.23. The quantitative estimate of drug-likeness (QED) is 0.879. The second-order valence-corrected chi connectivity index (χ2v) is 5.43. The van der Waals surface area contributed by atoms with Crippen molar-refractivity contribution in [2.75, 3.05) is 0 Å². The summed E-state index contributed by atoms with van der Waals surface area (Å²) in [5.41, 5.74) is 9.22. The Labute approximate surface area is 107 Å². The molecule has 0 aliphatic carbocycles. The third kappa shape index (κ3) is 2.76. The van der Waals surface area contributed by atoms with E-state index < -0.39 is 0 Å². The number of halogens is 1. The van der Waals surface area contributed by atoms with Gasteiger partial charge < -0.3 is 5.73 Å². The number of nitrogens with zero attached hydrogens (tertiary/aromatic N) is 1. The van der Waals surface area contributed by atoms with E-state index in [9.17, 15) is 0 Å². The SMILES string of the molecule is NC(Cc1cncs1)c1ccccc1I. The van der Waals surface area contributed by atoms with Crippen LogP contribution in [0, 0.1) is 3.57 Å². The number of benzene rings is 1. The van der Waals surface area contributed by atoms with Gasteiger partial charge in [0, 0.05) is 27.1 Å². The fourth-order valence-electron chi connectivity index (χ4n) is 1.45. The maximum atomic E-state index is 6.16. The van der Waals surface area contributed by atoms with Crippen LogP contribution in [-0.4, -0.2) is 4.98 Å². The highest BCUT2D eigenvalue weighted by molar-refractivity contribution is 14.1. The molecule has 0 radical (unpaired) electrons. The summed E-state index contributed by atoms with van der Waals surface area (Å²) in [6.07, 6.45) is 2.75. The smallest absolute Gasteiger partial charge is 0.0794 e. The molecule has 78 valence electrons. The largest absolute Gasteiger partial charge is 0.324 e. The average molecular weight is 330 g/mol. The molecule has 1 unspecified atom stereocenters. The normalized spacial score (nSPS) is 12.7. The fraction of sp³-hybridized carbons (Fsp3) is 0.182. The van der Waals surface area contributed by atoms with Crippen molar-refractivity contribution in [3.05, 3.63) is 50.0 Å². The van der Waals surface area contributed by atoms with Crippen LogP contribution in [0.5, 0.6) is 0 Å². The molecule has 0 spiro atoms. The van der Waals surface area contributed by atoms with E-state index in [4.69, 9.17) is 5.73 Å². The third-order valence-electron chi connectivity index (χ3n) is 2.21. The average Bonchev–Trinajstić information content (AvgIpc) is 2.71. The molecule has 0 saturated heterocycles. The molecule has 2 N–H and O–H groups in total. The molecule has 1 aromatic carbocycles. The zero-order valence-electron chi connectivity index (χ0n) is 8.06. The first-order valence-corrected chi connectivity index (χ1v) is 6.60. The fourth-order valence-corrected chi connectivity index (χ4v) is 2.89. The number of hydrogen-bond donors (Lipinski definition) is 1. The Kier molecular flexibility index (Phi) is 3.71.